The third-order valence-electron chi connectivity index (χ3n) is 2.85. The molecule has 0 saturated heterocycles. The lowest BCUT2D eigenvalue weighted by Crippen LogP contribution is -2.32. The van der Waals surface area contributed by atoms with Crippen LogP contribution in [0.2, 0.25) is 0 Å². The van der Waals surface area contributed by atoms with Gasteiger partial charge in [0.15, 0.2) is 0 Å². The molecular formula is C10H16O3S. The summed E-state index contributed by atoms with van der Waals surface area (Å²) in [6.07, 6.45) is 3.70. The van der Waals surface area contributed by atoms with Crippen molar-refractivity contribution in [2.24, 2.45) is 11.8 Å². The summed E-state index contributed by atoms with van der Waals surface area (Å²) in [5, 5.41) is 8.95. The molecule has 1 N–H and O–H groups in total. The van der Waals surface area contributed by atoms with E-state index in [0.29, 0.717) is 18.6 Å². The average Bonchev–Trinajstić information content (AvgIpc) is 2.18. The van der Waals surface area contributed by atoms with Gasteiger partial charge in [0.2, 0.25) is 0 Å². The van der Waals surface area contributed by atoms with E-state index in [1.807, 2.05) is 0 Å². The van der Waals surface area contributed by atoms with Gasteiger partial charge in [-0.1, -0.05) is 12.8 Å². The van der Waals surface area contributed by atoms with Gasteiger partial charge in [0, 0.05) is 12.3 Å². The Morgan fingerprint density at radius 2 is 1.79 bits per heavy atom. The molecule has 0 aromatic carbocycles. The SMILES string of the molecule is O=C(O)[C@H]1CCCC[C@H]1C(=O)CCS. The second-order valence-electron chi connectivity index (χ2n) is 3.78. The van der Waals surface area contributed by atoms with Crippen molar-refractivity contribution in [3.8, 4) is 0 Å². The zero-order valence-corrected chi connectivity index (χ0v) is 9.00. The molecule has 4 heteroatoms. The number of hydrogen-bond acceptors (Lipinski definition) is 3. The Morgan fingerprint density at radius 3 is 2.29 bits per heavy atom. The summed E-state index contributed by atoms with van der Waals surface area (Å²) >= 11 is 3.99. The number of Topliss-reactive ketones (excluding diaryl/α,β-unsaturated/α-hetero) is 1. The predicted octanol–water partition coefficient (Wildman–Crippen LogP) is 1.77. The lowest BCUT2D eigenvalue weighted by atomic mass is 9.76. The van der Waals surface area contributed by atoms with Crippen LogP contribution in [-0.2, 0) is 9.59 Å². The number of carboxylic acids is 1. The summed E-state index contributed by atoms with van der Waals surface area (Å²) in [4.78, 5) is 22.5. The van der Waals surface area contributed by atoms with E-state index in [1.165, 1.54) is 0 Å². The van der Waals surface area contributed by atoms with Gasteiger partial charge in [0.25, 0.3) is 0 Å². The smallest absolute Gasteiger partial charge is 0.307 e. The molecule has 0 aliphatic heterocycles. The van der Waals surface area contributed by atoms with Gasteiger partial charge in [-0.25, -0.2) is 0 Å². The molecule has 0 aromatic heterocycles. The van der Waals surface area contributed by atoms with Crippen molar-refractivity contribution in [3.05, 3.63) is 0 Å². The monoisotopic (exact) mass is 216 g/mol. The van der Waals surface area contributed by atoms with E-state index in [9.17, 15) is 9.59 Å². The highest BCUT2D eigenvalue weighted by molar-refractivity contribution is 7.80. The minimum atomic E-state index is -0.817. The first-order chi connectivity index (χ1) is 6.66. The molecule has 1 rings (SSSR count). The van der Waals surface area contributed by atoms with E-state index in [0.717, 1.165) is 19.3 Å². The van der Waals surface area contributed by atoms with Gasteiger partial charge >= 0.3 is 5.97 Å². The molecule has 80 valence electrons. The summed E-state index contributed by atoms with van der Waals surface area (Å²) in [6, 6.07) is 0. The number of thiol groups is 1. The van der Waals surface area contributed by atoms with E-state index < -0.39 is 11.9 Å². The molecule has 14 heavy (non-hydrogen) atoms. The quantitative estimate of drug-likeness (QED) is 0.704. The highest BCUT2D eigenvalue weighted by Gasteiger charge is 2.34. The molecule has 0 amide bonds. The number of hydrogen-bond donors (Lipinski definition) is 2. The van der Waals surface area contributed by atoms with E-state index in [-0.39, 0.29) is 11.7 Å². The zero-order valence-electron chi connectivity index (χ0n) is 8.11. The van der Waals surface area contributed by atoms with Crippen LogP contribution in [0.4, 0.5) is 0 Å². The van der Waals surface area contributed by atoms with Crippen LogP contribution in [0.5, 0.6) is 0 Å². The average molecular weight is 216 g/mol. The second-order valence-corrected chi connectivity index (χ2v) is 4.22. The number of aliphatic carboxylic acids is 1. The van der Waals surface area contributed by atoms with Crippen LogP contribution in [0, 0.1) is 11.8 Å². The van der Waals surface area contributed by atoms with E-state index in [4.69, 9.17) is 5.11 Å². The Bertz CT molecular complexity index is 227. The highest BCUT2D eigenvalue weighted by Crippen LogP contribution is 2.31. The molecule has 1 aliphatic carbocycles. The van der Waals surface area contributed by atoms with Crippen molar-refractivity contribution in [2.45, 2.75) is 32.1 Å². The summed E-state index contributed by atoms with van der Waals surface area (Å²) < 4.78 is 0. The first-order valence-electron chi connectivity index (χ1n) is 5.03. The molecule has 0 unspecified atom stereocenters. The third kappa shape index (κ3) is 2.74. The Morgan fingerprint density at radius 1 is 1.21 bits per heavy atom. The molecule has 1 saturated carbocycles. The minimum absolute atomic E-state index is 0.0760. The van der Waals surface area contributed by atoms with Gasteiger partial charge in [-0.2, -0.15) is 12.6 Å². The van der Waals surface area contributed by atoms with Crippen LogP contribution in [0.25, 0.3) is 0 Å². The van der Waals surface area contributed by atoms with Crippen LogP contribution in [0.1, 0.15) is 32.1 Å². The Hall–Kier alpha value is -0.510. The van der Waals surface area contributed by atoms with Crippen LogP contribution in [0.3, 0.4) is 0 Å². The van der Waals surface area contributed by atoms with Crippen molar-refractivity contribution < 1.29 is 14.7 Å². The van der Waals surface area contributed by atoms with E-state index in [1.54, 1.807) is 0 Å². The third-order valence-corrected chi connectivity index (χ3v) is 3.08. The van der Waals surface area contributed by atoms with Gasteiger partial charge in [-0.15, -0.1) is 0 Å². The lowest BCUT2D eigenvalue weighted by molar-refractivity contribution is -0.148. The highest BCUT2D eigenvalue weighted by atomic mass is 32.1. The summed E-state index contributed by atoms with van der Waals surface area (Å²) in [5.41, 5.74) is 0. The maximum Gasteiger partial charge on any atom is 0.307 e. The van der Waals surface area contributed by atoms with Gasteiger partial charge in [-0.05, 0) is 18.6 Å². The Kier molecular flexibility index (Phi) is 4.45. The fourth-order valence-corrected chi connectivity index (χ4v) is 2.33. The minimum Gasteiger partial charge on any atom is -0.481 e. The van der Waals surface area contributed by atoms with Gasteiger partial charge < -0.3 is 5.11 Å². The molecular weight excluding hydrogens is 200 g/mol. The molecule has 0 bridgehead atoms. The van der Waals surface area contributed by atoms with Crippen molar-refractivity contribution >= 4 is 24.4 Å². The van der Waals surface area contributed by atoms with Crippen LogP contribution >= 0.6 is 12.6 Å². The van der Waals surface area contributed by atoms with Crippen molar-refractivity contribution in [2.75, 3.05) is 5.75 Å². The normalized spacial score (nSPS) is 27.2. The van der Waals surface area contributed by atoms with Crippen LogP contribution in [-0.4, -0.2) is 22.6 Å². The number of rotatable bonds is 4. The van der Waals surface area contributed by atoms with Crippen LogP contribution in [0.15, 0.2) is 0 Å². The lowest BCUT2D eigenvalue weighted by Gasteiger charge is -2.27. The molecule has 1 aliphatic rings. The van der Waals surface area contributed by atoms with Gasteiger partial charge in [0.05, 0.1) is 5.92 Å². The van der Waals surface area contributed by atoms with Crippen molar-refractivity contribution in [3.63, 3.8) is 0 Å². The zero-order chi connectivity index (χ0) is 10.6. The second kappa shape index (κ2) is 5.39. The Balaban J connectivity index is 2.62. The van der Waals surface area contributed by atoms with Gasteiger partial charge in [-0.3, -0.25) is 9.59 Å². The van der Waals surface area contributed by atoms with Gasteiger partial charge in [0.1, 0.15) is 5.78 Å². The number of carboxylic acid groups (broad SMARTS) is 1. The molecule has 2 atom stereocenters. The fraction of sp³-hybridized carbons (Fsp3) is 0.800. The number of carbonyl (C=O) groups is 2. The molecule has 0 spiro atoms. The summed E-state index contributed by atoms with van der Waals surface area (Å²) in [5.74, 6) is -0.930. The first kappa shape index (κ1) is 11.6. The standard InChI is InChI=1S/C10H16O3S/c11-9(5-6-14)7-3-1-2-4-8(7)10(12)13/h7-8,14H,1-6H2,(H,12,13)/t7-,8+/m1/s1. The Labute approximate surface area is 89.3 Å². The maximum absolute atomic E-state index is 11.6. The molecule has 1 fully saturated rings. The largest absolute Gasteiger partial charge is 0.481 e. The predicted molar refractivity (Wildman–Crippen MR) is 56.6 cm³/mol. The summed E-state index contributed by atoms with van der Waals surface area (Å²) in [6.45, 7) is 0. The van der Waals surface area contributed by atoms with Crippen molar-refractivity contribution in [1.82, 2.24) is 0 Å². The molecule has 3 nitrogen and oxygen atoms in total. The van der Waals surface area contributed by atoms with E-state index >= 15 is 0 Å². The van der Waals surface area contributed by atoms with E-state index in [2.05, 4.69) is 12.6 Å². The topological polar surface area (TPSA) is 54.4 Å². The first-order valence-corrected chi connectivity index (χ1v) is 5.66. The molecule has 0 heterocycles. The van der Waals surface area contributed by atoms with Crippen molar-refractivity contribution in [1.29, 1.82) is 0 Å². The molecule has 0 radical (unpaired) electrons. The van der Waals surface area contributed by atoms with Crippen LogP contribution < -0.4 is 0 Å². The number of carbonyl (C=O) groups excluding carboxylic acids is 1. The molecule has 0 aromatic rings. The summed E-state index contributed by atoms with van der Waals surface area (Å²) in [7, 11) is 0. The number of ketones is 1. The fourth-order valence-electron chi connectivity index (χ4n) is 2.11. The maximum atomic E-state index is 11.6.